The van der Waals surface area contributed by atoms with E-state index in [1.54, 1.807) is 0 Å². The second-order valence-corrected chi connectivity index (χ2v) is 7.21. The van der Waals surface area contributed by atoms with Gasteiger partial charge in [0.05, 0.1) is 18.0 Å². The third kappa shape index (κ3) is 4.87. The highest BCUT2D eigenvalue weighted by Gasteiger charge is 2.24. The minimum Gasteiger partial charge on any atom is -0.376 e. The highest BCUT2D eigenvalue weighted by atomic mass is 32.2. The van der Waals surface area contributed by atoms with Crippen LogP contribution in [-0.2, 0) is 19.6 Å². The molecule has 0 saturated carbocycles. The zero-order chi connectivity index (χ0) is 17.0. The quantitative estimate of drug-likeness (QED) is 0.833. The lowest BCUT2D eigenvalue weighted by atomic mass is 10.2. The normalized spacial score (nSPS) is 18.0. The Labute approximate surface area is 133 Å². The number of carbonyl (C=O) groups is 1. The molecule has 1 heterocycles. The first-order valence-corrected chi connectivity index (χ1v) is 8.93. The van der Waals surface area contributed by atoms with Crippen molar-refractivity contribution in [2.45, 2.75) is 18.9 Å². The molecule has 0 radical (unpaired) electrons. The second kappa shape index (κ2) is 7.22. The Balaban J connectivity index is 2.08. The van der Waals surface area contributed by atoms with E-state index in [1.807, 2.05) is 0 Å². The van der Waals surface area contributed by atoms with Crippen molar-refractivity contribution in [1.82, 2.24) is 5.32 Å². The maximum absolute atomic E-state index is 13.8. The van der Waals surface area contributed by atoms with Crippen molar-refractivity contribution < 1.29 is 26.7 Å². The number of nitrogens with zero attached hydrogens (tertiary/aromatic N) is 1. The molecule has 1 amide bonds. The van der Waals surface area contributed by atoms with Crippen molar-refractivity contribution in [2.24, 2.45) is 0 Å². The molecule has 9 heteroatoms. The number of amides is 1. The van der Waals surface area contributed by atoms with Gasteiger partial charge in [0.1, 0.15) is 18.2 Å². The summed E-state index contributed by atoms with van der Waals surface area (Å²) in [7, 11) is -3.91. The van der Waals surface area contributed by atoms with Crippen LogP contribution in [-0.4, -0.2) is 46.4 Å². The fourth-order valence-electron chi connectivity index (χ4n) is 2.28. The van der Waals surface area contributed by atoms with Crippen molar-refractivity contribution in [2.75, 3.05) is 30.3 Å². The maximum Gasteiger partial charge on any atom is 0.240 e. The largest absolute Gasteiger partial charge is 0.376 e. The minimum atomic E-state index is -3.91. The molecule has 1 unspecified atom stereocenters. The Bertz CT molecular complexity index is 675. The maximum atomic E-state index is 13.8. The van der Waals surface area contributed by atoms with Crippen LogP contribution in [0.4, 0.5) is 14.5 Å². The highest BCUT2D eigenvalue weighted by Crippen LogP contribution is 2.22. The van der Waals surface area contributed by atoms with Gasteiger partial charge in [-0.05, 0) is 25.0 Å². The van der Waals surface area contributed by atoms with Crippen LogP contribution in [0, 0.1) is 11.6 Å². The Hall–Kier alpha value is -1.74. The van der Waals surface area contributed by atoms with Crippen LogP contribution in [0.2, 0.25) is 0 Å². The predicted octanol–water partition coefficient (Wildman–Crippen LogP) is 1.03. The molecule has 128 valence electrons. The van der Waals surface area contributed by atoms with Gasteiger partial charge in [-0.25, -0.2) is 17.2 Å². The molecule has 1 aliphatic heterocycles. The summed E-state index contributed by atoms with van der Waals surface area (Å²) in [6, 6.07) is 2.48. The molecule has 1 aromatic carbocycles. The third-order valence-electron chi connectivity index (χ3n) is 3.42. The summed E-state index contributed by atoms with van der Waals surface area (Å²) >= 11 is 0. The number of anilines is 1. The number of hydrogen-bond donors (Lipinski definition) is 1. The van der Waals surface area contributed by atoms with Crippen molar-refractivity contribution in [3.63, 3.8) is 0 Å². The van der Waals surface area contributed by atoms with Crippen LogP contribution in [0.15, 0.2) is 18.2 Å². The number of rotatable bonds is 6. The van der Waals surface area contributed by atoms with Gasteiger partial charge in [0.25, 0.3) is 0 Å². The summed E-state index contributed by atoms with van der Waals surface area (Å²) in [6.07, 6.45) is 2.50. The molecule has 0 bridgehead atoms. The lowest BCUT2D eigenvalue weighted by Crippen LogP contribution is -2.42. The molecule has 0 aliphatic carbocycles. The summed E-state index contributed by atoms with van der Waals surface area (Å²) in [5, 5.41) is 2.56. The van der Waals surface area contributed by atoms with E-state index < -0.39 is 34.1 Å². The Kier molecular flexibility index (Phi) is 5.53. The van der Waals surface area contributed by atoms with E-state index in [0.29, 0.717) is 17.0 Å². The smallest absolute Gasteiger partial charge is 0.240 e. The topological polar surface area (TPSA) is 75.7 Å². The molecule has 0 aromatic heterocycles. The number of nitrogens with one attached hydrogen (secondary N) is 1. The third-order valence-corrected chi connectivity index (χ3v) is 4.54. The van der Waals surface area contributed by atoms with E-state index in [1.165, 1.54) is 0 Å². The van der Waals surface area contributed by atoms with Crippen molar-refractivity contribution in [1.29, 1.82) is 0 Å². The fourth-order valence-corrected chi connectivity index (χ4v) is 3.14. The SMILES string of the molecule is CS(=O)(=O)N(CC(=O)NCC1CCCO1)c1ccc(F)cc1F. The molecule has 1 aliphatic rings. The zero-order valence-electron chi connectivity index (χ0n) is 12.6. The lowest BCUT2D eigenvalue weighted by molar-refractivity contribution is -0.120. The Morgan fingerprint density at radius 1 is 1.43 bits per heavy atom. The van der Waals surface area contributed by atoms with E-state index >= 15 is 0 Å². The van der Waals surface area contributed by atoms with E-state index in [2.05, 4.69) is 5.32 Å². The summed E-state index contributed by atoms with van der Waals surface area (Å²) in [5.41, 5.74) is -0.374. The van der Waals surface area contributed by atoms with E-state index in [9.17, 15) is 22.0 Å². The van der Waals surface area contributed by atoms with Gasteiger partial charge in [0.15, 0.2) is 0 Å². The average molecular weight is 348 g/mol. The molecular weight excluding hydrogens is 330 g/mol. The average Bonchev–Trinajstić information content (AvgIpc) is 2.95. The summed E-state index contributed by atoms with van der Waals surface area (Å²) in [6.45, 7) is 0.313. The fraction of sp³-hybridized carbons (Fsp3) is 0.500. The number of halogens is 2. The Morgan fingerprint density at radius 2 is 2.17 bits per heavy atom. The molecule has 1 fully saturated rings. The van der Waals surface area contributed by atoms with E-state index in [-0.39, 0.29) is 18.3 Å². The van der Waals surface area contributed by atoms with Gasteiger partial charge in [0.2, 0.25) is 15.9 Å². The Morgan fingerprint density at radius 3 is 2.74 bits per heavy atom. The number of sulfonamides is 1. The number of hydrogen-bond acceptors (Lipinski definition) is 4. The first-order valence-electron chi connectivity index (χ1n) is 7.08. The van der Waals surface area contributed by atoms with Crippen molar-refractivity contribution in [3.05, 3.63) is 29.8 Å². The molecule has 1 N–H and O–H groups in total. The summed E-state index contributed by atoms with van der Waals surface area (Å²) < 4.78 is 56.4. The van der Waals surface area contributed by atoms with Gasteiger partial charge in [0, 0.05) is 19.2 Å². The van der Waals surface area contributed by atoms with Crippen LogP contribution in [0.3, 0.4) is 0 Å². The van der Waals surface area contributed by atoms with E-state index in [0.717, 1.165) is 31.2 Å². The van der Waals surface area contributed by atoms with Crippen molar-refractivity contribution in [3.8, 4) is 0 Å². The van der Waals surface area contributed by atoms with Gasteiger partial charge in [-0.2, -0.15) is 0 Å². The van der Waals surface area contributed by atoms with Crippen LogP contribution in [0.5, 0.6) is 0 Å². The summed E-state index contributed by atoms with van der Waals surface area (Å²) in [5.74, 6) is -2.47. The lowest BCUT2D eigenvalue weighted by Gasteiger charge is -2.22. The number of benzene rings is 1. The highest BCUT2D eigenvalue weighted by molar-refractivity contribution is 7.92. The first kappa shape index (κ1) is 17.6. The zero-order valence-corrected chi connectivity index (χ0v) is 13.4. The molecule has 0 spiro atoms. The van der Waals surface area contributed by atoms with Crippen LogP contribution in [0.1, 0.15) is 12.8 Å². The van der Waals surface area contributed by atoms with Gasteiger partial charge in [-0.1, -0.05) is 0 Å². The molecule has 2 rings (SSSR count). The number of carbonyl (C=O) groups excluding carboxylic acids is 1. The predicted molar refractivity (Wildman–Crippen MR) is 80.5 cm³/mol. The molecule has 23 heavy (non-hydrogen) atoms. The van der Waals surface area contributed by atoms with Gasteiger partial charge in [-0.15, -0.1) is 0 Å². The van der Waals surface area contributed by atoms with Crippen LogP contribution in [0.25, 0.3) is 0 Å². The molecule has 6 nitrogen and oxygen atoms in total. The monoisotopic (exact) mass is 348 g/mol. The van der Waals surface area contributed by atoms with Gasteiger partial charge in [-0.3, -0.25) is 9.10 Å². The first-order chi connectivity index (χ1) is 10.8. The van der Waals surface area contributed by atoms with Crippen molar-refractivity contribution >= 4 is 21.6 Å². The second-order valence-electron chi connectivity index (χ2n) is 5.30. The van der Waals surface area contributed by atoms with Gasteiger partial charge < -0.3 is 10.1 Å². The minimum absolute atomic E-state index is 0.0896. The molecule has 1 atom stereocenters. The van der Waals surface area contributed by atoms with E-state index in [4.69, 9.17) is 4.74 Å². The van der Waals surface area contributed by atoms with Crippen LogP contribution >= 0.6 is 0 Å². The molecular formula is C14H18F2N2O4S. The standard InChI is InChI=1S/C14H18F2N2O4S/c1-23(20,21)18(13-5-4-10(15)7-12(13)16)9-14(19)17-8-11-3-2-6-22-11/h4-5,7,11H,2-3,6,8-9H2,1H3,(H,17,19). The molecule has 1 saturated heterocycles. The summed E-state index contributed by atoms with van der Waals surface area (Å²) in [4.78, 5) is 11.9. The van der Waals surface area contributed by atoms with Gasteiger partial charge >= 0.3 is 0 Å². The number of ether oxygens (including phenoxy) is 1. The molecule has 1 aromatic rings. The van der Waals surface area contributed by atoms with Crippen LogP contribution < -0.4 is 9.62 Å².